The van der Waals surface area contributed by atoms with Gasteiger partial charge in [-0.3, -0.25) is 9.59 Å². The van der Waals surface area contributed by atoms with Gasteiger partial charge < -0.3 is 19.4 Å². The van der Waals surface area contributed by atoms with E-state index in [1.807, 2.05) is 6.92 Å². The van der Waals surface area contributed by atoms with Crippen LogP contribution in [0.1, 0.15) is 39.3 Å². The first-order valence-electron chi connectivity index (χ1n) is 8.99. The fourth-order valence-corrected chi connectivity index (χ4v) is 3.01. The minimum absolute atomic E-state index is 0.125. The van der Waals surface area contributed by atoms with E-state index in [-0.39, 0.29) is 12.5 Å². The van der Waals surface area contributed by atoms with Crippen molar-refractivity contribution in [1.29, 1.82) is 0 Å². The van der Waals surface area contributed by atoms with Crippen LogP contribution in [0.3, 0.4) is 0 Å². The molecule has 1 aliphatic heterocycles. The number of likely N-dealkylation sites (tertiary alicyclic amines) is 1. The second-order valence-electron chi connectivity index (χ2n) is 6.58. The number of nitrogens with one attached hydrogen (secondary N) is 1. The highest BCUT2D eigenvalue weighted by atomic mass is 35.5. The number of hydrogen-bond acceptors (Lipinski definition) is 5. The van der Waals surface area contributed by atoms with Gasteiger partial charge >= 0.3 is 5.97 Å². The number of ketones is 1. The van der Waals surface area contributed by atoms with Gasteiger partial charge in [0.25, 0.3) is 5.91 Å². The van der Waals surface area contributed by atoms with Crippen molar-refractivity contribution in [2.24, 2.45) is 0 Å². The Kier molecular flexibility index (Phi) is 6.36. The van der Waals surface area contributed by atoms with Crippen molar-refractivity contribution in [2.75, 3.05) is 26.3 Å². The number of halogens is 1. The normalized spacial score (nSPS) is 13.4. The summed E-state index contributed by atoms with van der Waals surface area (Å²) < 4.78 is 10.3. The maximum atomic E-state index is 12.3. The van der Waals surface area contributed by atoms with Gasteiger partial charge in [-0.15, -0.1) is 0 Å². The molecule has 7 nitrogen and oxygen atoms in total. The monoisotopic (exact) mass is 404 g/mol. The SMILES string of the molecule is Cc1cc(OCC(=O)OCC(=O)c2c[nH]c(C(=O)N3CCCC3)c2)ccc1Cl. The molecule has 28 heavy (non-hydrogen) atoms. The van der Waals surface area contributed by atoms with Crippen molar-refractivity contribution in [1.82, 2.24) is 9.88 Å². The number of Topliss-reactive ketones (excluding diaryl/α,β-unsaturated/α-hetero) is 1. The lowest BCUT2D eigenvalue weighted by atomic mass is 10.2. The minimum Gasteiger partial charge on any atom is -0.482 e. The van der Waals surface area contributed by atoms with Crippen LogP contribution in [0, 0.1) is 6.92 Å². The van der Waals surface area contributed by atoms with Crippen LogP contribution < -0.4 is 4.74 Å². The number of amides is 1. The molecule has 3 rings (SSSR count). The summed E-state index contributed by atoms with van der Waals surface area (Å²) in [5, 5.41) is 0.606. The summed E-state index contributed by atoms with van der Waals surface area (Å²) in [4.78, 5) is 40.8. The van der Waals surface area contributed by atoms with Crippen LogP contribution in [0.4, 0.5) is 0 Å². The number of nitrogens with zero attached hydrogens (tertiary/aromatic N) is 1. The van der Waals surface area contributed by atoms with Crippen LogP contribution in [0.5, 0.6) is 5.75 Å². The second kappa shape index (κ2) is 8.93. The van der Waals surface area contributed by atoms with Gasteiger partial charge in [0, 0.05) is 29.9 Å². The molecule has 0 saturated carbocycles. The molecule has 1 fully saturated rings. The average molecular weight is 405 g/mol. The number of carbonyl (C=O) groups is 3. The van der Waals surface area contributed by atoms with E-state index < -0.39 is 18.4 Å². The number of aryl methyl sites for hydroxylation is 1. The third-order valence-electron chi connectivity index (χ3n) is 4.48. The summed E-state index contributed by atoms with van der Waals surface area (Å²) in [5.74, 6) is -0.696. The Bertz CT molecular complexity index is 886. The van der Waals surface area contributed by atoms with Gasteiger partial charge in [-0.05, 0) is 49.6 Å². The standard InChI is InChI=1S/C20H21ClN2O5/c1-13-8-15(4-5-16(13)21)27-12-19(25)28-11-18(24)14-9-17(22-10-14)20(26)23-6-2-3-7-23/h4-5,8-10,22H,2-3,6-7,11-12H2,1H3. The van der Waals surface area contributed by atoms with E-state index in [1.165, 1.54) is 12.3 Å². The number of H-pyrrole nitrogens is 1. The Hall–Kier alpha value is -2.80. The van der Waals surface area contributed by atoms with Gasteiger partial charge in [0.1, 0.15) is 11.4 Å². The van der Waals surface area contributed by atoms with E-state index in [0.29, 0.717) is 22.0 Å². The van der Waals surface area contributed by atoms with E-state index in [4.69, 9.17) is 21.1 Å². The maximum absolute atomic E-state index is 12.3. The zero-order valence-electron chi connectivity index (χ0n) is 15.5. The number of aromatic amines is 1. The molecule has 0 aliphatic carbocycles. The van der Waals surface area contributed by atoms with Crippen LogP contribution in [0.2, 0.25) is 5.02 Å². The third-order valence-corrected chi connectivity index (χ3v) is 4.90. The molecule has 2 heterocycles. The second-order valence-corrected chi connectivity index (χ2v) is 6.99. The van der Waals surface area contributed by atoms with Crippen molar-refractivity contribution in [3.63, 3.8) is 0 Å². The van der Waals surface area contributed by atoms with Gasteiger partial charge in [0.15, 0.2) is 13.2 Å². The highest BCUT2D eigenvalue weighted by molar-refractivity contribution is 6.31. The van der Waals surface area contributed by atoms with E-state index in [2.05, 4.69) is 4.98 Å². The van der Waals surface area contributed by atoms with Crippen LogP contribution in [0.15, 0.2) is 30.5 Å². The van der Waals surface area contributed by atoms with Crippen LogP contribution in [-0.2, 0) is 9.53 Å². The van der Waals surface area contributed by atoms with Gasteiger partial charge in [0.05, 0.1) is 0 Å². The molecule has 1 aliphatic rings. The van der Waals surface area contributed by atoms with Crippen LogP contribution >= 0.6 is 11.6 Å². The molecule has 0 atom stereocenters. The van der Waals surface area contributed by atoms with Crippen LogP contribution in [-0.4, -0.2) is 53.8 Å². The van der Waals surface area contributed by atoms with Gasteiger partial charge in [-0.1, -0.05) is 11.6 Å². The van der Waals surface area contributed by atoms with E-state index in [1.54, 1.807) is 23.1 Å². The number of carbonyl (C=O) groups excluding carboxylic acids is 3. The zero-order chi connectivity index (χ0) is 20.1. The molecule has 0 radical (unpaired) electrons. The molecule has 0 bridgehead atoms. The van der Waals surface area contributed by atoms with Gasteiger partial charge in [0.2, 0.25) is 5.78 Å². The minimum atomic E-state index is -0.662. The first-order valence-corrected chi connectivity index (χ1v) is 9.37. The molecule has 1 saturated heterocycles. The summed E-state index contributed by atoms with van der Waals surface area (Å²) in [7, 11) is 0. The fourth-order valence-electron chi connectivity index (χ4n) is 2.89. The number of ether oxygens (including phenoxy) is 2. The Morgan fingerprint density at radius 3 is 2.61 bits per heavy atom. The first-order chi connectivity index (χ1) is 13.4. The number of esters is 1. The Balaban J connectivity index is 1.46. The quantitative estimate of drug-likeness (QED) is 0.566. The van der Waals surface area contributed by atoms with Crippen molar-refractivity contribution < 1.29 is 23.9 Å². The third kappa shape index (κ3) is 4.92. The Labute approximate surface area is 167 Å². The molecule has 2 aromatic rings. The molecule has 1 amide bonds. The van der Waals surface area contributed by atoms with E-state index >= 15 is 0 Å². The first kappa shape index (κ1) is 19.9. The van der Waals surface area contributed by atoms with Gasteiger partial charge in [-0.2, -0.15) is 0 Å². The molecule has 0 unspecified atom stereocenters. The van der Waals surface area contributed by atoms with Crippen molar-refractivity contribution in [2.45, 2.75) is 19.8 Å². The topological polar surface area (TPSA) is 88.7 Å². The van der Waals surface area contributed by atoms with Crippen molar-refractivity contribution >= 4 is 29.3 Å². The summed E-state index contributed by atoms with van der Waals surface area (Å²) in [6, 6.07) is 6.52. The number of hydrogen-bond donors (Lipinski definition) is 1. The molecule has 1 aromatic carbocycles. The van der Waals surface area contributed by atoms with Crippen molar-refractivity contribution in [3.05, 3.63) is 52.3 Å². The average Bonchev–Trinajstić information content (AvgIpc) is 3.38. The zero-order valence-corrected chi connectivity index (χ0v) is 16.3. The predicted octanol–water partition coefficient (Wildman–Crippen LogP) is 3.02. The summed E-state index contributed by atoms with van der Waals surface area (Å²) >= 11 is 5.93. The predicted molar refractivity (Wildman–Crippen MR) is 103 cm³/mol. The lowest BCUT2D eigenvalue weighted by Gasteiger charge is -2.13. The van der Waals surface area contributed by atoms with Crippen LogP contribution in [0.25, 0.3) is 0 Å². The largest absolute Gasteiger partial charge is 0.482 e. The highest BCUT2D eigenvalue weighted by Gasteiger charge is 2.22. The molecule has 148 valence electrons. The number of aromatic nitrogens is 1. The summed E-state index contributed by atoms with van der Waals surface area (Å²) in [5.41, 5.74) is 1.48. The van der Waals surface area contributed by atoms with E-state index in [0.717, 1.165) is 31.5 Å². The molecule has 0 spiro atoms. The molecular weight excluding hydrogens is 384 g/mol. The summed E-state index contributed by atoms with van der Waals surface area (Å²) in [6.07, 6.45) is 3.43. The van der Waals surface area contributed by atoms with E-state index in [9.17, 15) is 14.4 Å². The summed E-state index contributed by atoms with van der Waals surface area (Å²) in [6.45, 7) is 2.54. The number of rotatable bonds is 7. The Morgan fingerprint density at radius 2 is 1.89 bits per heavy atom. The molecular formula is C20H21ClN2O5. The van der Waals surface area contributed by atoms with Gasteiger partial charge in [-0.25, -0.2) is 4.79 Å². The highest BCUT2D eigenvalue weighted by Crippen LogP contribution is 2.21. The lowest BCUT2D eigenvalue weighted by Crippen LogP contribution is -2.27. The Morgan fingerprint density at radius 1 is 1.14 bits per heavy atom. The molecule has 1 N–H and O–H groups in total. The maximum Gasteiger partial charge on any atom is 0.344 e. The number of benzene rings is 1. The van der Waals surface area contributed by atoms with Crippen molar-refractivity contribution in [3.8, 4) is 5.75 Å². The fraction of sp³-hybridized carbons (Fsp3) is 0.350. The molecule has 8 heteroatoms. The smallest absolute Gasteiger partial charge is 0.344 e. The molecule has 1 aromatic heterocycles. The lowest BCUT2D eigenvalue weighted by molar-refractivity contribution is -0.144.